The molecule has 29 heavy (non-hydrogen) atoms. The minimum atomic E-state index is -0.790. The molecule has 1 fully saturated rings. The second kappa shape index (κ2) is 6.76. The highest BCUT2D eigenvalue weighted by molar-refractivity contribution is 5.94. The molecule has 2 N–H and O–H groups in total. The van der Waals surface area contributed by atoms with Crippen LogP contribution < -0.4 is 5.73 Å². The van der Waals surface area contributed by atoms with E-state index in [1.165, 1.54) is 5.56 Å². The van der Waals surface area contributed by atoms with Crippen LogP contribution in [0.5, 0.6) is 0 Å². The van der Waals surface area contributed by atoms with E-state index in [0.29, 0.717) is 5.92 Å². The van der Waals surface area contributed by atoms with Gasteiger partial charge in [0.2, 0.25) is 0 Å². The van der Waals surface area contributed by atoms with Gasteiger partial charge in [-0.25, -0.2) is 0 Å². The van der Waals surface area contributed by atoms with E-state index in [2.05, 4.69) is 66.3 Å². The van der Waals surface area contributed by atoms with E-state index in [9.17, 15) is 0 Å². The van der Waals surface area contributed by atoms with Crippen molar-refractivity contribution in [3.63, 3.8) is 0 Å². The Morgan fingerprint density at radius 1 is 0.966 bits per heavy atom. The van der Waals surface area contributed by atoms with E-state index in [1.807, 2.05) is 24.4 Å². The third-order valence-electron chi connectivity index (χ3n) is 5.67. The topological polar surface area (TPSA) is 64.3 Å². The number of hydrogen-bond donors (Lipinski definition) is 1. The summed E-state index contributed by atoms with van der Waals surface area (Å²) in [6, 6.07) is 20.9. The minimum Gasteiger partial charge on any atom is -0.341 e. The molecule has 0 amide bonds. The summed E-state index contributed by atoms with van der Waals surface area (Å²) in [4.78, 5) is 8.73. The Kier molecular flexibility index (Phi) is 4.19. The van der Waals surface area contributed by atoms with Crippen molar-refractivity contribution in [3.05, 3.63) is 95.9 Å². The Bertz CT molecular complexity index is 1190. The van der Waals surface area contributed by atoms with Gasteiger partial charge in [0.05, 0.1) is 5.52 Å². The van der Waals surface area contributed by atoms with Crippen molar-refractivity contribution < 1.29 is 4.74 Å². The van der Waals surface area contributed by atoms with Gasteiger partial charge < -0.3 is 4.74 Å². The summed E-state index contributed by atoms with van der Waals surface area (Å²) in [5.74, 6) is 0.441. The molecule has 5 rings (SSSR count). The average Bonchev–Trinajstić information content (AvgIpc) is 3.46. The monoisotopic (exact) mass is 381 g/mol. The van der Waals surface area contributed by atoms with Crippen LogP contribution in [0.25, 0.3) is 22.0 Å². The number of ether oxygens (including phenoxy) is 1. The lowest BCUT2D eigenvalue weighted by molar-refractivity contribution is 0.302. The number of rotatable bonds is 4. The fourth-order valence-corrected chi connectivity index (χ4v) is 3.95. The standard InChI is InChI=1S/C25H23N3O/c1-16(2)20-14-18-7-4-10-28-23(18)22(15-20)17-5-3-6-19(13-17)24-25(26,29-24)21-8-11-27-12-9-21/h3-16,24H,26H2,1-2H3. The van der Waals surface area contributed by atoms with Crippen LogP contribution in [-0.4, -0.2) is 9.97 Å². The van der Waals surface area contributed by atoms with Gasteiger partial charge in [0.25, 0.3) is 0 Å². The minimum absolute atomic E-state index is 0.169. The molecule has 4 nitrogen and oxygen atoms in total. The smallest absolute Gasteiger partial charge is 0.174 e. The zero-order valence-corrected chi connectivity index (χ0v) is 16.5. The highest BCUT2D eigenvalue weighted by atomic mass is 16.6. The van der Waals surface area contributed by atoms with Gasteiger partial charge in [-0.2, -0.15) is 0 Å². The zero-order valence-electron chi connectivity index (χ0n) is 16.5. The Morgan fingerprint density at radius 3 is 2.59 bits per heavy atom. The number of nitrogens with two attached hydrogens (primary N) is 1. The van der Waals surface area contributed by atoms with Crippen molar-refractivity contribution in [3.8, 4) is 11.1 Å². The highest BCUT2D eigenvalue weighted by Crippen LogP contribution is 2.53. The summed E-state index contributed by atoms with van der Waals surface area (Å²) in [6.07, 6.45) is 5.17. The summed E-state index contributed by atoms with van der Waals surface area (Å²) in [5.41, 5.74) is 12.3. The molecular formula is C25H23N3O. The number of nitrogens with zero attached hydrogens (tertiary/aromatic N) is 2. The molecule has 4 heteroatoms. The van der Waals surface area contributed by atoms with Gasteiger partial charge >= 0.3 is 0 Å². The van der Waals surface area contributed by atoms with Crippen LogP contribution in [0.3, 0.4) is 0 Å². The van der Waals surface area contributed by atoms with Crippen LogP contribution in [0.1, 0.15) is 42.6 Å². The molecule has 0 radical (unpaired) electrons. The van der Waals surface area contributed by atoms with Gasteiger partial charge in [0.15, 0.2) is 5.72 Å². The lowest BCUT2D eigenvalue weighted by atomic mass is 9.92. The van der Waals surface area contributed by atoms with Crippen LogP contribution in [0, 0.1) is 0 Å². The fourth-order valence-electron chi connectivity index (χ4n) is 3.95. The molecule has 1 saturated heterocycles. The summed E-state index contributed by atoms with van der Waals surface area (Å²) in [7, 11) is 0. The molecule has 3 heterocycles. The van der Waals surface area contributed by atoms with Crippen molar-refractivity contribution in [2.75, 3.05) is 0 Å². The predicted molar refractivity (Wildman–Crippen MR) is 115 cm³/mol. The third kappa shape index (κ3) is 3.11. The summed E-state index contributed by atoms with van der Waals surface area (Å²) < 4.78 is 5.95. The second-order valence-corrected chi connectivity index (χ2v) is 7.95. The molecule has 4 aromatic rings. The molecule has 2 aromatic carbocycles. The van der Waals surface area contributed by atoms with E-state index in [-0.39, 0.29) is 6.10 Å². The van der Waals surface area contributed by atoms with Gasteiger partial charge in [0.1, 0.15) is 6.10 Å². The number of fused-ring (bicyclic) bond motifs is 1. The Hall–Kier alpha value is -3.08. The van der Waals surface area contributed by atoms with Crippen molar-refractivity contribution >= 4 is 10.9 Å². The number of aromatic nitrogens is 2. The van der Waals surface area contributed by atoms with Crippen molar-refractivity contribution in [2.24, 2.45) is 5.73 Å². The maximum Gasteiger partial charge on any atom is 0.174 e. The molecule has 144 valence electrons. The van der Waals surface area contributed by atoms with Crippen LogP contribution in [-0.2, 0) is 10.5 Å². The molecule has 1 aliphatic rings. The zero-order chi connectivity index (χ0) is 20.0. The SMILES string of the molecule is CC(C)c1cc(-c2cccc(C3OC3(N)c3ccncc3)c2)c2ncccc2c1. The Labute approximate surface area is 170 Å². The fraction of sp³-hybridized carbons (Fsp3) is 0.200. The maximum atomic E-state index is 6.52. The van der Waals surface area contributed by atoms with E-state index >= 15 is 0 Å². The predicted octanol–water partition coefficient (Wildman–Crippen LogP) is 5.30. The largest absolute Gasteiger partial charge is 0.341 e. The molecule has 2 atom stereocenters. The normalized spacial score (nSPS) is 20.9. The molecule has 0 bridgehead atoms. The van der Waals surface area contributed by atoms with Gasteiger partial charge in [0, 0.05) is 35.1 Å². The van der Waals surface area contributed by atoms with Gasteiger partial charge in [-0.15, -0.1) is 0 Å². The Morgan fingerprint density at radius 2 is 1.79 bits per heavy atom. The first-order valence-electron chi connectivity index (χ1n) is 9.92. The first-order valence-corrected chi connectivity index (χ1v) is 9.92. The number of epoxide rings is 1. The molecule has 0 saturated carbocycles. The first kappa shape index (κ1) is 18.0. The van der Waals surface area contributed by atoms with Crippen LogP contribution in [0.15, 0.2) is 79.3 Å². The molecule has 0 spiro atoms. The summed E-state index contributed by atoms with van der Waals surface area (Å²) in [6.45, 7) is 4.43. The number of pyridine rings is 2. The Balaban J connectivity index is 1.58. The molecule has 1 aliphatic heterocycles. The van der Waals surface area contributed by atoms with Gasteiger partial charge in [-0.1, -0.05) is 38.1 Å². The van der Waals surface area contributed by atoms with E-state index in [1.54, 1.807) is 12.4 Å². The number of hydrogen-bond acceptors (Lipinski definition) is 4. The lowest BCUT2D eigenvalue weighted by Gasteiger charge is -2.13. The first-order chi connectivity index (χ1) is 14.1. The van der Waals surface area contributed by atoms with E-state index in [4.69, 9.17) is 10.5 Å². The van der Waals surface area contributed by atoms with Crippen molar-refractivity contribution in [1.29, 1.82) is 0 Å². The maximum absolute atomic E-state index is 6.52. The molecule has 2 aromatic heterocycles. The number of benzene rings is 2. The van der Waals surface area contributed by atoms with Crippen LogP contribution in [0.2, 0.25) is 0 Å². The lowest BCUT2D eigenvalue weighted by Crippen LogP contribution is -2.22. The molecule has 2 unspecified atom stereocenters. The summed E-state index contributed by atoms with van der Waals surface area (Å²) >= 11 is 0. The van der Waals surface area contributed by atoms with Crippen molar-refractivity contribution in [2.45, 2.75) is 31.6 Å². The molecular weight excluding hydrogens is 358 g/mol. The highest BCUT2D eigenvalue weighted by Gasteiger charge is 2.55. The van der Waals surface area contributed by atoms with E-state index < -0.39 is 5.72 Å². The molecule has 0 aliphatic carbocycles. The third-order valence-corrected chi connectivity index (χ3v) is 5.67. The van der Waals surface area contributed by atoms with Crippen LogP contribution >= 0.6 is 0 Å². The quantitative estimate of drug-likeness (QED) is 0.487. The van der Waals surface area contributed by atoms with Crippen LogP contribution in [0.4, 0.5) is 0 Å². The van der Waals surface area contributed by atoms with Crippen molar-refractivity contribution in [1.82, 2.24) is 9.97 Å². The average molecular weight is 381 g/mol. The summed E-state index contributed by atoms with van der Waals surface area (Å²) in [5, 5.41) is 1.16. The van der Waals surface area contributed by atoms with Gasteiger partial charge in [-0.05, 0) is 59.0 Å². The van der Waals surface area contributed by atoms with Gasteiger partial charge in [-0.3, -0.25) is 15.7 Å². The van der Waals surface area contributed by atoms with E-state index in [0.717, 1.165) is 33.2 Å². The second-order valence-electron chi connectivity index (χ2n) is 7.95.